The number of amides is 2. The Kier molecular flexibility index (Phi) is 14.7. The fourth-order valence-corrected chi connectivity index (χ4v) is 13.2. The highest BCUT2D eigenvalue weighted by Crippen LogP contribution is 2.66. The van der Waals surface area contributed by atoms with Gasteiger partial charge in [0.2, 0.25) is 0 Å². The zero-order chi connectivity index (χ0) is 58.1. The molecule has 6 saturated carbocycles. The Bertz CT molecular complexity index is 4100. The number of fused-ring (bicyclic) bond motifs is 2. The monoisotopic (exact) mass is 1150 g/mol. The number of furan rings is 2. The number of carbonyl (C=O) groups is 4. The van der Waals surface area contributed by atoms with Crippen LogP contribution >= 0.6 is 0 Å². The minimum absolute atomic E-state index is 0.000513. The molecule has 6 fully saturated rings. The molecule has 5 N–H and O–H groups in total. The molecular formula is C61H55F4N3O11S2. The van der Waals surface area contributed by atoms with Crippen LogP contribution in [0.4, 0.5) is 17.6 Å². The number of nitrogens with one attached hydrogen (secondary N) is 2. The van der Waals surface area contributed by atoms with E-state index >= 15 is 0 Å². The van der Waals surface area contributed by atoms with Gasteiger partial charge >= 0.3 is 5.97 Å². The van der Waals surface area contributed by atoms with Crippen LogP contribution in [0, 0.1) is 40.5 Å². The zero-order valence-corrected chi connectivity index (χ0v) is 46.0. The van der Waals surface area contributed by atoms with Crippen LogP contribution in [0.15, 0.2) is 118 Å². The summed E-state index contributed by atoms with van der Waals surface area (Å²) in [5.41, 5.74) is 9.19. The number of nitrogens with two attached hydrogens (primary N) is 1. The topological polar surface area (TPSA) is 233 Å². The molecule has 2 aromatic heterocycles. The Hall–Kier alpha value is -7.94. The number of carboxylic acid groups (broad SMARTS) is 1. The van der Waals surface area contributed by atoms with Crippen molar-refractivity contribution in [3.8, 4) is 44.9 Å². The van der Waals surface area contributed by atoms with Crippen LogP contribution in [-0.4, -0.2) is 77.7 Å². The van der Waals surface area contributed by atoms with Crippen LogP contribution in [0.1, 0.15) is 97.5 Å². The third-order valence-corrected chi connectivity index (χ3v) is 17.3. The van der Waals surface area contributed by atoms with Gasteiger partial charge in [0, 0.05) is 60.5 Å². The molecule has 2 heterocycles. The number of aromatic carboxylic acids is 1. The van der Waals surface area contributed by atoms with Gasteiger partial charge in [-0.25, -0.2) is 39.2 Å². The van der Waals surface area contributed by atoms with Crippen LogP contribution in [0.5, 0.6) is 0 Å². The number of hydrogen-bond donors (Lipinski definition) is 4. The summed E-state index contributed by atoms with van der Waals surface area (Å²) in [5.74, 6) is -3.87. The molecule has 0 unspecified atom stereocenters. The average molecular weight is 1150 g/mol. The van der Waals surface area contributed by atoms with E-state index < -0.39 is 72.0 Å². The van der Waals surface area contributed by atoms with E-state index in [-0.39, 0.29) is 67.5 Å². The normalized spacial score (nSPS) is 19.3. The molecule has 4 bridgehead atoms. The molecule has 0 saturated heterocycles. The predicted molar refractivity (Wildman–Crippen MR) is 298 cm³/mol. The number of Topliss-reactive ketones (excluding diaryl/α,β-unsaturated/α-hetero) is 1. The van der Waals surface area contributed by atoms with Crippen molar-refractivity contribution in [2.75, 3.05) is 26.6 Å². The number of carbonyl (C=O) groups excluding carboxylic acids is 3. The summed E-state index contributed by atoms with van der Waals surface area (Å²) in [5, 5.41) is 15.2. The molecular weight excluding hydrogens is 1090 g/mol. The summed E-state index contributed by atoms with van der Waals surface area (Å²) in [6.07, 6.45) is 9.44. The van der Waals surface area contributed by atoms with Gasteiger partial charge in [-0.3, -0.25) is 14.4 Å². The van der Waals surface area contributed by atoms with Crippen molar-refractivity contribution in [1.29, 1.82) is 0 Å². The van der Waals surface area contributed by atoms with Crippen molar-refractivity contribution in [3.63, 3.8) is 0 Å². The van der Waals surface area contributed by atoms with Gasteiger partial charge in [0.25, 0.3) is 11.8 Å². The van der Waals surface area contributed by atoms with Gasteiger partial charge in [0.05, 0.1) is 33.8 Å². The quantitative estimate of drug-likeness (QED) is 0.0588. The smallest absolute Gasteiger partial charge is 0.338 e. The average Bonchev–Trinajstić information content (AvgIpc) is 3.99. The molecule has 0 atom stereocenters. The fourth-order valence-electron chi connectivity index (χ4n) is 11.6. The standard InChI is InChI=1S/C31H27F2NO5S.C25H19F2NO6S.C5H9N/c1-34-30(36)28-24-11-22(19-5-8-25(33)23(9-19)26(35)15-31-12-17(13-31)14-31)20(16-40(2,37)38)10-27(24)39-29(28)18-3-6-21(32)7-4-18;1-28-24(29)22-19-11-17(14-5-8-20(27)18(9-14)25(30)31)15(12-35(2,32)33)10-21(19)34-23(22)13-3-6-16(26)7-4-13;6-5-1-4(2-5)3-5/h3-11,17H,12-16H2,1-2H3,(H,34,36);3-11H,12H2,1-2H3,(H,28,29)(H,30,31);4H,1-3,6H2. The van der Waals surface area contributed by atoms with E-state index in [1.54, 1.807) is 12.1 Å². The van der Waals surface area contributed by atoms with Crippen LogP contribution in [0.3, 0.4) is 0 Å². The maximum atomic E-state index is 14.9. The van der Waals surface area contributed by atoms with E-state index in [1.807, 2.05) is 0 Å². The first-order chi connectivity index (χ1) is 38.2. The van der Waals surface area contributed by atoms with Gasteiger partial charge in [-0.05, 0) is 186 Å². The molecule has 0 aliphatic heterocycles. The predicted octanol–water partition coefficient (Wildman–Crippen LogP) is 11.5. The van der Waals surface area contributed by atoms with Crippen molar-refractivity contribution >= 4 is 65.2 Å². The van der Waals surface area contributed by atoms with Gasteiger partial charge in [0.1, 0.15) is 46.0 Å². The summed E-state index contributed by atoms with van der Waals surface area (Å²) in [7, 11) is -4.16. The third-order valence-electron chi connectivity index (χ3n) is 15.7. The van der Waals surface area contributed by atoms with E-state index in [1.165, 1.54) is 118 Å². The van der Waals surface area contributed by atoms with Crippen LogP contribution in [0.2, 0.25) is 0 Å². The van der Waals surface area contributed by atoms with Gasteiger partial charge in [-0.2, -0.15) is 0 Å². The Balaban J connectivity index is 0.000000165. The van der Waals surface area contributed by atoms with E-state index in [9.17, 15) is 58.7 Å². The maximum Gasteiger partial charge on any atom is 0.338 e. The Morgan fingerprint density at radius 1 is 0.568 bits per heavy atom. The van der Waals surface area contributed by atoms with Crippen molar-refractivity contribution < 1.29 is 67.5 Å². The van der Waals surface area contributed by atoms with Crippen molar-refractivity contribution in [3.05, 3.63) is 166 Å². The number of hydrogen-bond acceptors (Lipinski definition) is 11. The largest absolute Gasteiger partial charge is 0.478 e. The molecule has 420 valence electrons. The summed E-state index contributed by atoms with van der Waals surface area (Å²) in [6, 6.07) is 24.5. The molecule has 6 aliphatic carbocycles. The highest BCUT2D eigenvalue weighted by atomic mass is 32.2. The molecule has 0 spiro atoms. The van der Waals surface area contributed by atoms with Crippen LogP contribution in [-0.2, 0) is 31.2 Å². The molecule has 0 radical (unpaired) electrons. The van der Waals surface area contributed by atoms with Gasteiger partial charge < -0.3 is 30.3 Å². The van der Waals surface area contributed by atoms with Crippen molar-refractivity contribution in [2.24, 2.45) is 23.0 Å². The summed E-state index contributed by atoms with van der Waals surface area (Å²) in [4.78, 5) is 50.5. The summed E-state index contributed by atoms with van der Waals surface area (Å²) < 4.78 is 117. The van der Waals surface area contributed by atoms with Crippen LogP contribution < -0.4 is 16.4 Å². The van der Waals surface area contributed by atoms with E-state index in [4.69, 9.17) is 14.6 Å². The molecule has 8 aromatic rings. The second-order valence-corrected chi connectivity index (χ2v) is 26.3. The highest BCUT2D eigenvalue weighted by Gasteiger charge is 2.57. The second kappa shape index (κ2) is 21.2. The number of halogens is 4. The fraction of sp³-hybridized carbons (Fsp3) is 0.279. The number of carboxylic acids is 1. The molecule has 2 amide bonds. The van der Waals surface area contributed by atoms with E-state index in [0.717, 1.165) is 49.8 Å². The molecule has 14 rings (SSSR count). The highest BCUT2D eigenvalue weighted by molar-refractivity contribution is 7.90. The number of rotatable bonds is 14. The molecule has 6 aliphatic rings. The number of ketones is 1. The first-order valence-electron chi connectivity index (χ1n) is 25.9. The lowest BCUT2D eigenvalue weighted by atomic mass is 9.43. The van der Waals surface area contributed by atoms with Crippen molar-refractivity contribution in [2.45, 2.75) is 62.0 Å². The lowest BCUT2D eigenvalue weighted by Gasteiger charge is -2.62. The zero-order valence-electron chi connectivity index (χ0n) is 44.3. The van der Waals surface area contributed by atoms with Crippen LogP contribution in [0.25, 0.3) is 66.8 Å². The Morgan fingerprint density at radius 2 is 0.938 bits per heavy atom. The summed E-state index contributed by atoms with van der Waals surface area (Å²) in [6.45, 7) is 0. The van der Waals surface area contributed by atoms with Gasteiger partial charge in [0.15, 0.2) is 25.5 Å². The number of sulfone groups is 2. The minimum atomic E-state index is -3.55. The maximum absolute atomic E-state index is 14.9. The Labute approximate surface area is 463 Å². The van der Waals surface area contributed by atoms with Gasteiger partial charge in [-0.1, -0.05) is 12.1 Å². The Morgan fingerprint density at radius 3 is 1.27 bits per heavy atom. The lowest BCUT2D eigenvalue weighted by Crippen LogP contribution is -2.64. The van der Waals surface area contributed by atoms with Gasteiger partial charge in [-0.15, -0.1) is 0 Å². The molecule has 81 heavy (non-hydrogen) atoms. The summed E-state index contributed by atoms with van der Waals surface area (Å²) >= 11 is 0. The number of benzene rings is 6. The molecule has 14 nitrogen and oxygen atoms in total. The second-order valence-electron chi connectivity index (χ2n) is 22.0. The lowest BCUT2D eigenvalue weighted by molar-refractivity contribution is -0.103. The molecule has 6 aromatic carbocycles. The van der Waals surface area contributed by atoms with Crippen molar-refractivity contribution in [1.82, 2.24) is 10.6 Å². The van der Waals surface area contributed by atoms with E-state index in [2.05, 4.69) is 10.6 Å². The first-order valence-corrected chi connectivity index (χ1v) is 30.0. The minimum Gasteiger partial charge on any atom is -0.478 e. The molecule has 20 heteroatoms. The third kappa shape index (κ3) is 11.5. The SMILES string of the molecule is CNC(=O)c1c(-c2ccc(F)cc2)oc2cc(CS(C)(=O)=O)c(-c3ccc(F)c(C(=O)CC45CC(C4)C5)c3)cc12.CNC(=O)c1c(-c2ccc(F)cc2)oc2cc(CS(C)(=O)=O)c(-c3ccc(F)c(C(=O)O)c3)cc12.NC12CC(C1)C2. The first kappa shape index (κ1) is 56.3. The van der Waals surface area contributed by atoms with E-state index in [0.29, 0.717) is 62.0 Å².